The van der Waals surface area contributed by atoms with Crippen molar-refractivity contribution in [2.75, 3.05) is 0 Å². The highest BCUT2D eigenvalue weighted by molar-refractivity contribution is 7.97. The van der Waals surface area contributed by atoms with Crippen molar-refractivity contribution in [2.45, 2.75) is 11.5 Å². The van der Waals surface area contributed by atoms with Gasteiger partial charge in [-0.05, 0) is 35.4 Å². The molecule has 0 atom stereocenters. The van der Waals surface area contributed by atoms with Gasteiger partial charge < -0.3 is 0 Å². The standard InChI is InChI=1S/C15H11ClFNS/c16-15-7-14(17)6-5-13(15)10-19-9-12-3-1-11(8-18)2-4-12/h1-7H,9-10H2. The number of hydrogen-bond donors (Lipinski definition) is 0. The van der Waals surface area contributed by atoms with Gasteiger partial charge >= 0.3 is 0 Å². The van der Waals surface area contributed by atoms with E-state index in [0.29, 0.717) is 10.6 Å². The Morgan fingerprint density at radius 1 is 1.11 bits per heavy atom. The van der Waals surface area contributed by atoms with E-state index >= 15 is 0 Å². The summed E-state index contributed by atoms with van der Waals surface area (Å²) in [4.78, 5) is 0. The van der Waals surface area contributed by atoms with Crippen molar-refractivity contribution >= 4 is 23.4 Å². The molecule has 0 radical (unpaired) electrons. The molecule has 0 aliphatic heterocycles. The predicted octanol–water partition coefficient (Wildman–Crippen LogP) is 4.78. The third-order valence-corrected chi connectivity index (χ3v) is 4.03. The fourth-order valence-electron chi connectivity index (χ4n) is 1.59. The van der Waals surface area contributed by atoms with Crippen LogP contribution in [0.15, 0.2) is 42.5 Å². The Labute approximate surface area is 121 Å². The van der Waals surface area contributed by atoms with Gasteiger partial charge in [-0.15, -0.1) is 0 Å². The summed E-state index contributed by atoms with van der Waals surface area (Å²) in [6.45, 7) is 0. The molecule has 19 heavy (non-hydrogen) atoms. The van der Waals surface area contributed by atoms with Gasteiger partial charge in [-0.3, -0.25) is 0 Å². The Morgan fingerprint density at radius 3 is 2.47 bits per heavy atom. The highest BCUT2D eigenvalue weighted by Gasteiger charge is 2.02. The molecule has 0 aliphatic rings. The van der Waals surface area contributed by atoms with E-state index in [9.17, 15) is 4.39 Å². The van der Waals surface area contributed by atoms with Crippen molar-refractivity contribution in [3.63, 3.8) is 0 Å². The van der Waals surface area contributed by atoms with Crippen molar-refractivity contribution in [2.24, 2.45) is 0 Å². The van der Waals surface area contributed by atoms with Gasteiger partial charge in [0.2, 0.25) is 0 Å². The minimum absolute atomic E-state index is 0.314. The minimum atomic E-state index is -0.314. The summed E-state index contributed by atoms with van der Waals surface area (Å²) in [5.74, 6) is 1.25. The van der Waals surface area contributed by atoms with Crippen molar-refractivity contribution in [3.05, 3.63) is 70.0 Å². The molecule has 0 saturated carbocycles. The highest BCUT2D eigenvalue weighted by Crippen LogP contribution is 2.24. The van der Waals surface area contributed by atoms with Gasteiger partial charge in [0, 0.05) is 16.5 Å². The van der Waals surface area contributed by atoms with Crippen LogP contribution >= 0.6 is 23.4 Å². The predicted molar refractivity (Wildman–Crippen MR) is 77.6 cm³/mol. The van der Waals surface area contributed by atoms with Crippen LogP contribution in [0.1, 0.15) is 16.7 Å². The van der Waals surface area contributed by atoms with Gasteiger partial charge in [0.15, 0.2) is 0 Å². The summed E-state index contributed by atoms with van der Waals surface area (Å²) in [5.41, 5.74) is 2.75. The maximum absolute atomic E-state index is 12.9. The van der Waals surface area contributed by atoms with Crippen LogP contribution in [-0.4, -0.2) is 0 Å². The first-order valence-electron chi connectivity index (χ1n) is 5.70. The van der Waals surface area contributed by atoms with Crippen LogP contribution in [0.5, 0.6) is 0 Å². The van der Waals surface area contributed by atoms with Gasteiger partial charge in [-0.25, -0.2) is 4.39 Å². The van der Waals surface area contributed by atoms with Crippen LogP contribution < -0.4 is 0 Å². The van der Waals surface area contributed by atoms with Gasteiger partial charge in [0.25, 0.3) is 0 Å². The molecule has 0 spiro atoms. The Kier molecular flexibility index (Phi) is 4.84. The minimum Gasteiger partial charge on any atom is -0.207 e. The molecule has 0 bridgehead atoms. The van der Waals surface area contributed by atoms with Crippen LogP contribution in [0.4, 0.5) is 4.39 Å². The molecule has 0 aliphatic carbocycles. The number of halogens is 2. The second kappa shape index (κ2) is 6.60. The van der Waals surface area contributed by atoms with Gasteiger partial charge in [0.1, 0.15) is 5.82 Å². The van der Waals surface area contributed by atoms with Crippen LogP contribution in [0.3, 0.4) is 0 Å². The quantitative estimate of drug-likeness (QED) is 0.809. The molecule has 0 N–H and O–H groups in total. The SMILES string of the molecule is N#Cc1ccc(CSCc2ccc(F)cc2Cl)cc1. The Morgan fingerprint density at radius 2 is 1.84 bits per heavy atom. The number of nitriles is 1. The second-order valence-corrected chi connectivity index (χ2v) is 5.43. The molecule has 0 heterocycles. The molecular formula is C15H11ClFNS. The highest BCUT2D eigenvalue weighted by atomic mass is 35.5. The van der Waals surface area contributed by atoms with Crippen molar-refractivity contribution in [1.82, 2.24) is 0 Å². The summed E-state index contributed by atoms with van der Waals surface area (Å²) >= 11 is 7.66. The van der Waals surface area contributed by atoms with Gasteiger partial charge in [0.05, 0.1) is 11.6 Å². The topological polar surface area (TPSA) is 23.8 Å². The van der Waals surface area contributed by atoms with Gasteiger partial charge in [-0.1, -0.05) is 29.8 Å². The van der Waals surface area contributed by atoms with E-state index in [1.54, 1.807) is 30.0 Å². The lowest BCUT2D eigenvalue weighted by Crippen LogP contribution is -1.86. The summed E-state index contributed by atoms with van der Waals surface area (Å²) in [5, 5.41) is 9.17. The summed E-state index contributed by atoms with van der Waals surface area (Å²) in [7, 11) is 0. The molecule has 0 aromatic heterocycles. The molecule has 4 heteroatoms. The Hall–Kier alpha value is -1.50. The number of hydrogen-bond acceptors (Lipinski definition) is 2. The largest absolute Gasteiger partial charge is 0.207 e. The van der Waals surface area contributed by atoms with Crippen LogP contribution in [0.25, 0.3) is 0 Å². The van der Waals surface area contributed by atoms with E-state index in [4.69, 9.17) is 16.9 Å². The van der Waals surface area contributed by atoms with Crippen LogP contribution in [0.2, 0.25) is 5.02 Å². The third kappa shape index (κ3) is 3.99. The van der Waals surface area contributed by atoms with Crippen molar-refractivity contribution in [3.8, 4) is 6.07 Å². The first kappa shape index (κ1) is 13.9. The normalized spacial score (nSPS) is 10.2. The molecule has 96 valence electrons. The van der Waals surface area contributed by atoms with Crippen LogP contribution in [0, 0.1) is 17.1 Å². The second-order valence-electron chi connectivity index (χ2n) is 4.04. The number of benzene rings is 2. The average molecular weight is 292 g/mol. The smallest absolute Gasteiger partial charge is 0.124 e. The molecule has 2 rings (SSSR count). The van der Waals surface area contributed by atoms with E-state index in [1.807, 2.05) is 12.1 Å². The zero-order valence-electron chi connectivity index (χ0n) is 10.1. The van der Waals surface area contributed by atoms with E-state index in [-0.39, 0.29) is 5.82 Å². The fourth-order valence-corrected chi connectivity index (χ4v) is 2.91. The maximum atomic E-state index is 12.9. The zero-order chi connectivity index (χ0) is 13.7. The molecule has 1 nitrogen and oxygen atoms in total. The summed E-state index contributed by atoms with van der Waals surface area (Å²) < 4.78 is 12.9. The molecule has 0 amide bonds. The third-order valence-electron chi connectivity index (χ3n) is 2.62. The van der Waals surface area contributed by atoms with Crippen molar-refractivity contribution < 1.29 is 4.39 Å². The monoisotopic (exact) mass is 291 g/mol. The number of nitrogens with zero attached hydrogens (tertiary/aromatic N) is 1. The molecule has 2 aromatic carbocycles. The first-order chi connectivity index (χ1) is 9.19. The first-order valence-corrected chi connectivity index (χ1v) is 7.23. The average Bonchev–Trinajstić information content (AvgIpc) is 2.42. The maximum Gasteiger partial charge on any atom is 0.124 e. The molecule has 2 aromatic rings. The number of thioether (sulfide) groups is 1. The zero-order valence-corrected chi connectivity index (χ0v) is 11.6. The lowest BCUT2D eigenvalue weighted by atomic mass is 10.2. The van der Waals surface area contributed by atoms with E-state index in [0.717, 1.165) is 22.6 Å². The Bertz CT molecular complexity index is 605. The summed E-state index contributed by atoms with van der Waals surface area (Å²) in [6.07, 6.45) is 0. The van der Waals surface area contributed by atoms with E-state index < -0.39 is 0 Å². The fraction of sp³-hybridized carbons (Fsp3) is 0.133. The summed E-state index contributed by atoms with van der Waals surface area (Å²) in [6, 6.07) is 14.1. The molecule has 0 saturated heterocycles. The van der Waals surface area contributed by atoms with Crippen LogP contribution in [-0.2, 0) is 11.5 Å². The van der Waals surface area contributed by atoms with E-state index in [1.165, 1.54) is 12.1 Å². The van der Waals surface area contributed by atoms with E-state index in [2.05, 4.69) is 6.07 Å². The molecular weight excluding hydrogens is 281 g/mol. The van der Waals surface area contributed by atoms with Crippen molar-refractivity contribution in [1.29, 1.82) is 5.26 Å². The molecule has 0 fully saturated rings. The van der Waals surface area contributed by atoms with Gasteiger partial charge in [-0.2, -0.15) is 17.0 Å². The number of rotatable bonds is 4. The lowest BCUT2D eigenvalue weighted by molar-refractivity contribution is 0.627. The Balaban J connectivity index is 1.91. The molecule has 0 unspecified atom stereocenters. The lowest BCUT2D eigenvalue weighted by Gasteiger charge is -2.05.